The van der Waals surface area contributed by atoms with Gasteiger partial charge in [0.05, 0.1) is 11.9 Å². The van der Waals surface area contributed by atoms with Gasteiger partial charge in [-0.2, -0.15) is 0 Å². The van der Waals surface area contributed by atoms with Crippen molar-refractivity contribution < 1.29 is 13.2 Å². The highest BCUT2D eigenvalue weighted by atomic mass is 32.2. The molecule has 1 aromatic rings. The van der Waals surface area contributed by atoms with Gasteiger partial charge >= 0.3 is 0 Å². The Labute approximate surface area is 145 Å². The Morgan fingerprint density at radius 2 is 1.92 bits per heavy atom. The van der Waals surface area contributed by atoms with Crippen molar-refractivity contribution >= 4 is 27.3 Å². The number of amides is 1. The van der Waals surface area contributed by atoms with Gasteiger partial charge in [-0.05, 0) is 44.5 Å². The number of anilines is 2. The molecule has 24 heavy (non-hydrogen) atoms. The average Bonchev–Trinajstić information content (AvgIpc) is 2.51. The molecule has 0 heterocycles. The summed E-state index contributed by atoms with van der Waals surface area (Å²) in [6, 6.07) is 5.59. The smallest absolute Gasteiger partial charge is 0.241 e. The van der Waals surface area contributed by atoms with Crippen molar-refractivity contribution in [1.82, 2.24) is 5.32 Å². The summed E-state index contributed by atoms with van der Waals surface area (Å²) in [5, 5.41) is 2.60. The summed E-state index contributed by atoms with van der Waals surface area (Å²) in [5.41, 5.74) is 2.36. The number of hydrogen-bond acceptors (Lipinski definition) is 4. The van der Waals surface area contributed by atoms with E-state index in [-0.39, 0.29) is 12.5 Å². The van der Waals surface area contributed by atoms with E-state index in [0.29, 0.717) is 12.2 Å². The number of rotatable bonds is 9. The second-order valence-corrected chi connectivity index (χ2v) is 7.41. The van der Waals surface area contributed by atoms with Crippen molar-refractivity contribution in [3.8, 4) is 0 Å². The zero-order valence-corrected chi connectivity index (χ0v) is 15.7. The monoisotopic (exact) mass is 353 g/mol. The maximum atomic E-state index is 12.1. The molecule has 0 fully saturated rings. The van der Waals surface area contributed by atoms with Gasteiger partial charge in [-0.15, -0.1) is 6.58 Å². The zero-order chi connectivity index (χ0) is 18.3. The first kappa shape index (κ1) is 20.0. The number of sulfonamides is 1. The minimum Gasteiger partial charge on any atom is -0.372 e. The van der Waals surface area contributed by atoms with Gasteiger partial charge < -0.3 is 10.2 Å². The van der Waals surface area contributed by atoms with Crippen LogP contribution in [0.5, 0.6) is 0 Å². The first-order valence-corrected chi connectivity index (χ1v) is 9.80. The topological polar surface area (TPSA) is 69.7 Å². The number of carbonyl (C=O) groups is 1. The summed E-state index contributed by atoms with van der Waals surface area (Å²) in [5.74, 6) is -0.368. The van der Waals surface area contributed by atoms with E-state index >= 15 is 0 Å². The molecule has 0 spiro atoms. The van der Waals surface area contributed by atoms with Crippen molar-refractivity contribution in [1.29, 1.82) is 0 Å². The Kier molecular flexibility index (Phi) is 7.28. The van der Waals surface area contributed by atoms with E-state index < -0.39 is 10.0 Å². The predicted molar refractivity (Wildman–Crippen MR) is 100 cm³/mol. The van der Waals surface area contributed by atoms with Gasteiger partial charge in [0.2, 0.25) is 15.9 Å². The van der Waals surface area contributed by atoms with Crippen molar-refractivity contribution in [2.24, 2.45) is 0 Å². The molecule has 0 unspecified atom stereocenters. The average molecular weight is 353 g/mol. The molecule has 0 bridgehead atoms. The van der Waals surface area contributed by atoms with Crippen LogP contribution in [-0.4, -0.2) is 46.8 Å². The van der Waals surface area contributed by atoms with Crippen LogP contribution < -0.4 is 14.5 Å². The highest BCUT2D eigenvalue weighted by molar-refractivity contribution is 7.92. The highest BCUT2D eigenvalue weighted by Gasteiger charge is 2.22. The molecule has 1 aromatic carbocycles. The Bertz CT molecular complexity index is 682. The Morgan fingerprint density at radius 1 is 1.29 bits per heavy atom. The summed E-state index contributed by atoms with van der Waals surface area (Å²) >= 11 is 0. The minimum atomic E-state index is -3.57. The molecule has 0 saturated carbocycles. The zero-order valence-electron chi connectivity index (χ0n) is 14.9. The number of hydrogen-bond donors (Lipinski definition) is 1. The summed E-state index contributed by atoms with van der Waals surface area (Å²) in [6.45, 7) is 11.3. The standard InChI is InChI=1S/C17H27N3O3S/c1-6-11-18-17(21)13-20(24(5,22)23)16-10-9-15(12-14(16)4)19(7-2)8-3/h6,9-10,12H,1,7-8,11,13H2,2-5H3,(H,18,21). The maximum Gasteiger partial charge on any atom is 0.241 e. The van der Waals surface area contributed by atoms with Crippen LogP contribution >= 0.6 is 0 Å². The van der Waals surface area contributed by atoms with Crippen molar-refractivity contribution in [2.75, 3.05) is 41.6 Å². The molecule has 0 aliphatic rings. The third-order valence-corrected chi connectivity index (χ3v) is 4.84. The second-order valence-electron chi connectivity index (χ2n) is 5.51. The van der Waals surface area contributed by atoms with Gasteiger partial charge in [0, 0.05) is 25.3 Å². The van der Waals surface area contributed by atoms with Gasteiger partial charge in [-0.3, -0.25) is 9.10 Å². The van der Waals surface area contributed by atoms with E-state index in [4.69, 9.17) is 0 Å². The minimum absolute atomic E-state index is 0.252. The van der Waals surface area contributed by atoms with E-state index in [2.05, 4.69) is 30.6 Å². The first-order valence-electron chi connectivity index (χ1n) is 7.95. The fourth-order valence-corrected chi connectivity index (χ4v) is 3.37. The number of benzene rings is 1. The van der Waals surface area contributed by atoms with Crippen LogP contribution in [0.25, 0.3) is 0 Å². The Balaban J connectivity index is 3.16. The normalized spacial score (nSPS) is 11.0. The lowest BCUT2D eigenvalue weighted by Crippen LogP contribution is -2.40. The van der Waals surface area contributed by atoms with Gasteiger partial charge in [0.25, 0.3) is 0 Å². The van der Waals surface area contributed by atoms with Crippen LogP contribution in [0.2, 0.25) is 0 Å². The molecule has 0 atom stereocenters. The molecular formula is C17H27N3O3S. The maximum absolute atomic E-state index is 12.1. The SMILES string of the molecule is C=CCNC(=O)CN(c1ccc(N(CC)CC)cc1C)S(C)(=O)=O. The lowest BCUT2D eigenvalue weighted by atomic mass is 10.1. The molecule has 0 saturated heterocycles. The molecule has 6 nitrogen and oxygen atoms in total. The van der Waals surface area contributed by atoms with Crippen LogP contribution in [0, 0.1) is 6.92 Å². The molecule has 1 amide bonds. The number of aryl methyl sites for hydroxylation is 1. The molecular weight excluding hydrogens is 326 g/mol. The van der Waals surface area contributed by atoms with E-state index in [1.54, 1.807) is 12.1 Å². The quantitative estimate of drug-likeness (QED) is 0.689. The van der Waals surface area contributed by atoms with Crippen molar-refractivity contribution in [2.45, 2.75) is 20.8 Å². The van der Waals surface area contributed by atoms with E-state index in [1.165, 1.54) is 0 Å². The second kappa shape index (κ2) is 8.73. The van der Waals surface area contributed by atoms with E-state index in [1.807, 2.05) is 19.1 Å². The molecule has 134 valence electrons. The summed E-state index contributed by atoms with van der Waals surface area (Å²) in [4.78, 5) is 14.1. The summed E-state index contributed by atoms with van der Waals surface area (Å²) in [6.07, 6.45) is 2.65. The summed E-state index contributed by atoms with van der Waals surface area (Å²) < 4.78 is 25.4. The van der Waals surface area contributed by atoms with Gasteiger partial charge in [0.15, 0.2) is 0 Å². The van der Waals surface area contributed by atoms with Gasteiger partial charge in [-0.25, -0.2) is 8.42 Å². The number of nitrogens with zero attached hydrogens (tertiary/aromatic N) is 2. The molecule has 0 aromatic heterocycles. The van der Waals surface area contributed by atoms with Gasteiger partial charge in [0.1, 0.15) is 6.54 Å². The fourth-order valence-electron chi connectivity index (χ4n) is 2.46. The third kappa shape index (κ3) is 5.26. The van der Waals surface area contributed by atoms with E-state index in [9.17, 15) is 13.2 Å². The van der Waals surface area contributed by atoms with Crippen LogP contribution in [0.1, 0.15) is 19.4 Å². The molecule has 0 radical (unpaired) electrons. The summed E-state index contributed by atoms with van der Waals surface area (Å²) in [7, 11) is -3.57. The lowest BCUT2D eigenvalue weighted by Gasteiger charge is -2.26. The molecule has 0 aliphatic heterocycles. The fraction of sp³-hybridized carbons (Fsp3) is 0.471. The van der Waals surface area contributed by atoms with Gasteiger partial charge in [-0.1, -0.05) is 6.08 Å². The third-order valence-electron chi connectivity index (χ3n) is 3.71. The predicted octanol–water partition coefficient (Wildman–Crippen LogP) is 1.91. The van der Waals surface area contributed by atoms with Crippen LogP contribution in [0.4, 0.5) is 11.4 Å². The molecule has 0 aliphatic carbocycles. The largest absolute Gasteiger partial charge is 0.372 e. The van der Waals surface area contributed by atoms with Crippen molar-refractivity contribution in [3.63, 3.8) is 0 Å². The lowest BCUT2D eigenvalue weighted by molar-refractivity contribution is -0.119. The van der Waals surface area contributed by atoms with Crippen molar-refractivity contribution in [3.05, 3.63) is 36.4 Å². The Hall–Kier alpha value is -2.02. The van der Waals surface area contributed by atoms with Crippen LogP contribution in [0.15, 0.2) is 30.9 Å². The molecule has 1 N–H and O–H groups in total. The molecule has 1 rings (SSSR count). The highest BCUT2D eigenvalue weighted by Crippen LogP contribution is 2.27. The van der Waals surface area contributed by atoms with E-state index in [0.717, 1.165) is 34.9 Å². The molecule has 7 heteroatoms. The number of nitrogens with one attached hydrogen (secondary N) is 1. The van der Waals surface area contributed by atoms with Crippen LogP contribution in [0.3, 0.4) is 0 Å². The Morgan fingerprint density at radius 3 is 2.38 bits per heavy atom. The number of carbonyl (C=O) groups excluding carboxylic acids is 1. The van der Waals surface area contributed by atoms with Crippen LogP contribution in [-0.2, 0) is 14.8 Å². The first-order chi connectivity index (χ1) is 11.2.